The van der Waals surface area contributed by atoms with Crippen LogP contribution in [0.25, 0.3) is 71.3 Å². The highest BCUT2D eigenvalue weighted by atomic mass is 14.2. The third kappa shape index (κ3) is 4.69. The van der Waals surface area contributed by atoms with Gasteiger partial charge in [-0.05, 0) is 126 Å². The Labute approximate surface area is 266 Å². The highest BCUT2D eigenvalue weighted by Gasteiger charge is 2.15. The molecule has 1 aliphatic carbocycles. The van der Waals surface area contributed by atoms with Gasteiger partial charge in [-0.25, -0.2) is 0 Å². The second-order valence-electron chi connectivity index (χ2n) is 12.6. The van der Waals surface area contributed by atoms with Crippen LogP contribution in [-0.2, 0) is 0 Å². The fraction of sp³-hybridized carbons (Fsp3) is 0.111. The Morgan fingerprint density at radius 2 is 0.956 bits per heavy atom. The summed E-state index contributed by atoms with van der Waals surface area (Å²) in [5.41, 5.74) is 12.9. The van der Waals surface area contributed by atoms with Gasteiger partial charge in [0.15, 0.2) is 0 Å². The van der Waals surface area contributed by atoms with Crippen molar-refractivity contribution >= 4 is 37.9 Å². The predicted octanol–water partition coefficient (Wildman–Crippen LogP) is 12.7. The van der Waals surface area contributed by atoms with Crippen LogP contribution in [0.15, 0.2) is 146 Å². The molecule has 1 unspecified atom stereocenters. The monoisotopic (exact) mass is 576 g/mol. The summed E-state index contributed by atoms with van der Waals surface area (Å²) in [7, 11) is 0. The van der Waals surface area contributed by atoms with E-state index in [2.05, 4.69) is 166 Å². The molecule has 0 radical (unpaired) electrons. The van der Waals surface area contributed by atoms with Crippen LogP contribution in [-0.4, -0.2) is 0 Å². The largest absolute Gasteiger partial charge is 0.0808 e. The first-order chi connectivity index (χ1) is 22.1. The van der Waals surface area contributed by atoms with Gasteiger partial charge in [-0.15, -0.1) is 0 Å². The van der Waals surface area contributed by atoms with Gasteiger partial charge < -0.3 is 0 Å². The lowest BCUT2D eigenvalue weighted by molar-refractivity contribution is 0.739. The molecule has 0 nitrogen and oxygen atoms in total. The Morgan fingerprint density at radius 3 is 1.60 bits per heavy atom. The van der Waals surface area contributed by atoms with Crippen LogP contribution in [0.4, 0.5) is 0 Å². The van der Waals surface area contributed by atoms with Crippen LogP contribution < -0.4 is 0 Å². The molecular weight excluding hydrogens is 540 g/mol. The normalized spacial score (nSPS) is 14.7. The number of benzene rings is 7. The second kappa shape index (κ2) is 11.1. The minimum Gasteiger partial charge on any atom is -0.0808 e. The molecule has 45 heavy (non-hydrogen) atoms. The smallest absolute Gasteiger partial charge is 0.00928 e. The molecule has 0 heteroatoms. The van der Waals surface area contributed by atoms with Gasteiger partial charge in [0.1, 0.15) is 0 Å². The van der Waals surface area contributed by atoms with Crippen molar-refractivity contribution in [3.8, 4) is 33.4 Å². The molecule has 0 N–H and O–H groups in total. The Balaban J connectivity index is 1.22. The Morgan fingerprint density at radius 1 is 0.444 bits per heavy atom. The van der Waals surface area contributed by atoms with E-state index >= 15 is 0 Å². The summed E-state index contributed by atoms with van der Waals surface area (Å²) in [5.74, 6) is 0.612. The van der Waals surface area contributed by atoms with E-state index in [9.17, 15) is 0 Å². The van der Waals surface area contributed by atoms with Crippen molar-refractivity contribution in [2.75, 3.05) is 0 Å². The molecule has 7 aromatic rings. The number of hydrogen-bond acceptors (Lipinski definition) is 0. The number of hydrogen-bond donors (Lipinski definition) is 0. The second-order valence-corrected chi connectivity index (χ2v) is 12.6. The van der Waals surface area contributed by atoms with Crippen LogP contribution in [0.5, 0.6) is 0 Å². The average molecular weight is 577 g/mol. The summed E-state index contributed by atoms with van der Waals surface area (Å²) >= 11 is 0. The van der Waals surface area contributed by atoms with Crippen molar-refractivity contribution in [1.29, 1.82) is 0 Å². The molecule has 0 fully saturated rings. The van der Waals surface area contributed by atoms with Gasteiger partial charge in [-0.2, -0.15) is 0 Å². The summed E-state index contributed by atoms with van der Waals surface area (Å²) in [6, 6.07) is 47.2. The Kier molecular flexibility index (Phi) is 6.72. The van der Waals surface area contributed by atoms with Crippen molar-refractivity contribution in [3.05, 3.63) is 162 Å². The maximum Gasteiger partial charge on any atom is -0.00928 e. The van der Waals surface area contributed by atoms with Crippen molar-refractivity contribution in [2.24, 2.45) is 5.92 Å². The SMILES string of the molecule is Cc1c(C2=CCC(C)C=C2)cccc1-c1cccc(-c2cccc(-c3ccc4c5ccccc5c5ccccc5c4c3)c2)c1C. The van der Waals surface area contributed by atoms with E-state index in [4.69, 9.17) is 0 Å². The lowest BCUT2D eigenvalue weighted by atomic mass is 9.86. The lowest BCUT2D eigenvalue weighted by Gasteiger charge is -2.19. The minimum atomic E-state index is 0.612. The molecule has 0 bridgehead atoms. The molecule has 0 heterocycles. The fourth-order valence-electron chi connectivity index (χ4n) is 7.36. The molecule has 1 atom stereocenters. The summed E-state index contributed by atoms with van der Waals surface area (Å²) < 4.78 is 0. The van der Waals surface area contributed by atoms with E-state index < -0.39 is 0 Å². The van der Waals surface area contributed by atoms with Gasteiger partial charge in [-0.1, -0.05) is 140 Å². The third-order valence-electron chi connectivity index (χ3n) is 9.83. The summed E-state index contributed by atoms with van der Waals surface area (Å²) in [5, 5.41) is 7.84. The summed E-state index contributed by atoms with van der Waals surface area (Å²) in [6.45, 7) is 6.83. The van der Waals surface area contributed by atoms with Crippen LogP contribution in [0.2, 0.25) is 0 Å². The Hall–Kier alpha value is -5.20. The van der Waals surface area contributed by atoms with Crippen molar-refractivity contribution < 1.29 is 0 Å². The highest BCUT2D eigenvalue weighted by molar-refractivity contribution is 6.25. The predicted molar refractivity (Wildman–Crippen MR) is 196 cm³/mol. The van der Waals surface area contributed by atoms with Gasteiger partial charge in [0.2, 0.25) is 0 Å². The first-order valence-corrected chi connectivity index (χ1v) is 16.1. The van der Waals surface area contributed by atoms with Crippen molar-refractivity contribution in [3.63, 3.8) is 0 Å². The van der Waals surface area contributed by atoms with Gasteiger partial charge in [-0.3, -0.25) is 0 Å². The summed E-state index contributed by atoms with van der Waals surface area (Å²) in [6.07, 6.45) is 8.13. The topological polar surface area (TPSA) is 0 Å². The van der Waals surface area contributed by atoms with Crippen molar-refractivity contribution in [1.82, 2.24) is 0 Å². The first kappa shape index (κ1) is 27.4. The number of allylic oxidation sites excluding steroid dienone is 4. The van der Waals surface area contributed by atoms with Gasteiger partial charge in [0, 0.05) is 0 Å². The van der Waals surface area contributed by atoms with E-state index in [0.29, 0.717) is 5.92 Å². The molecule has 0 aliphatic heterocycles. The van der Waals surface area contributed by atoms with Gasteiger partial charge >= 0.3 is 0 Å². The highest BCUT2D eigenvalue weighted by Crippen LogP contribution is 2.40. The molecular formula is C45H36. The molecule has 216 valence electrons. The number of fused-ring (bicyclic) bond motifs is 6. The molecule has 8 rings (SSSR count). The summed E-state index contributed by atoms with van der Waals surface area (Å²) in [4.78, 5) is 0. The molecule has 0 saturated carbocycles. The molecule has 0 amide bonds. The van der Waals surface area contributed by atoms with Crippen molar-refractivity contribution in [2.45, 2.75) is 27.2 Å². The molecule has 0 aromatic heterocycles. The van der Waals surface area contributed by atoms with Crippen LogP contribution in [0.1, 0.15) is 30.0 Å². The molecule has 0 spiro atoms. The average Bonchev–Trinajstić information content (AvgIpc) is 3.09. The maximum absolute atomic E-state index is 2.39. The van der Waals surface area contributed by atoms with E-state index in [1.807, 2.05) is 0 Å². The lowest BCUT2D eigenvalue weighted by Crippen LogP contribution is -1.98. The van der Waals surface area contributed by atoms with Crippen LogP contribution >= 0.6 is 0 Å². The standard InChI is InChI=1S/C45H36/c1-29-21-23-32(24-22-29)36-17-9-19-38(30(36)2)39-20-10-18-37(31(39)3)35-12-8-11-33(27-35)34-25-26-44-42-15-5-4-13-40(42)41-14-6-7-16-43(41)45(44)28-34/h4-21,23-29H,22H2,1-3H3. The number of rotatable bonds is 4. The molecule has 1 aliphatic rings. The first-order valence-electron chi connectivity index (χ1n) is 16.1. The van der Waals surface area contributed by atoms with Crippen LogP contribution in [0, 0.1) is 19.8 Å². The van der Waals surface area contributed by atoms with Gasteiger partial charge in [0.05, 0.1) is 0 Å². The fourth-order valence-corrected chi connectivity index (χ4v) is 7.36. The van der Waals surface area contributed by atoms with E-state index in [-0.39, 0.29) is 0 Å². The molecule has 0 saturated heterocycles. The zero-order chi connectivity index (χ0) is 30.5. The Bertz CT molecular complexity index is 2290. The van der Waals surface area contributed by atoms with E-state index in [1.54, 1.807) is 0 Å². The minimum absolute atomic E-state index is 0.612. The molecule has 7 aromatic carbocycles. The van der Waals surface area contributed by atoms with E-state index in [0.717, 1.165) is 6.42 Å². The van der Waals surface area contributed by atoms with E-state index in [1.165, 1.54) is 88.0 Å². The maximum atomic E-state index is 2.39. The zero-order valence-corrected chi connectivity index (χ0v) is 26.1. The zero-order valence-electron chi connectivity index (χ0n) is 26.1. The quantitative estimate of drug-likeness (QED) is 0.183. The third-order valence-corrected chi connectivity index (χ3v) is 9.83. The van der Waals surface area contributed by atoms with Gasteiger partial charge in [0.25, 0.3) is 0 Å². The van der Waals surface area contributed by atoms with Crippen LogP contribution in [0.3, 0.4) is 0 Å².